The van der Waals surface area contributed by atoms with Gasteiger partial charge in [0.15, 0.2) is 0 Å². The van der Waals surface area contributed by atoms with Crippen LogP contribution in [-0.4, -0.2) is 72.5 Å². The first kappa shape index (κ1) is 23.4. The topological polar surface area (TPSA) is 81.1 Å². The number of nitroso groups, excluding NO2 is 1. The lowest BCUT2D eigenvalue weighted by Gasteiger charge is -2.37. The van der Waals surface area contributed by atoms with E-state index >= 15 is 0 Å². The minimum absolute atomic E-state index is 0.240. The predicted molar refractivity (Wildman–Crippen MR) is 132 cm³/mol. The lowest BCUT2D eigenvalue weighted by atomic mass is 10.0. The van der Waals surface area contributed by atoms with Gasteiger partial charge in [-0.1, -0.05) is 11.6 Å². The first-order chi connectivity index (χ1) is 16.0. The number of carbonyl (C=O) groups is 1. The maximum absolute atomic E-state index is 12.7. The Bertz CT molecular complexity index is 954. The first-order valence-electron chi connectivity index (χ1n) is 11.6. The van der Waals surface area contributed by atoms with Gasteiger partial charge in [0.2, 0.25) is 5.91 Å². The van der Waals surface area contributed by atoms with Crippen molar-refractivity contribution in [1.29, 1.82) is 0 Å². The van der Waals surface area contributed by atoms with Crippen molar-refractivity contribution in [1.82, 2.24) is 14.8 Å². The molecule has 2 saturated heterocycles. The van der Waals surface area contributed by atoms with Gasteiger partial charge in [-0.2, -0.15) is 0 Å². The first-order valence-corrected chi connectivity index (χ1v) is 12.0. The summed E-state index contributed by atoms with van der Waals surface area (Å²) < 4.78 is 0. The molecule has 0 saturated carbocycles. The highest BCUT2D eigenvalue weighted by Crippen LogP contribution is 2.22. The number of carbonyl (C=O) groups excluding carboxylic acids is 1. The SMILES string of the molecule is Cc1cc(NC2CCN(C(=O)CCN3CCN(c4ccc(Cl)cc4)CC3)CC2)ncc1N=O. The van der Waals surface area contributed by atoms with Crippen LogP contribution in [0.1, 0.15) is 24.8 Å². The Hall–Kier alpha value is -2.71. The Labute approximate surface area is 199 Å². The van der Waals surface area contributed by atoms with Crippen LogP contribution in [0.25, 0.3) is 0 Å². The Morgan fingerprint density at radius 1 is 1.12 bits per heavy atom. The zero-order chi connectivity index (χ0) is 23.2. The fourth-order valence-electron chi connectivity index (χ4n) is 4.50. The van der Waals surface area contributed by atoms with Crippen molar-refractivity contribution in [3.63, 3.8) is 0 Å². The van der Waals surface area contributed by atoms with Gasteiger partial charge in [-0.05, 0) is 60.8 Å². The lowest BCUT2D eigenvalue weighted by Crippen LogP contribution is -2.48. The Morgan fingerprint density at radius 2 is 1.82 bits per heavy atom. The van der Waals surface area contributed by atoms with Crippen molar-refractivity contribution < 1.29 is 4.79 Å². The molecule has 1 amide bonds. The highest BCUT2D eigenvalue weighted by atomic mass is 35.5. The number of aromatic nitrogens is 1. The number of piperidine rings is 1. The summed E-state index contributed by atoms with van der Waals surface area (Å²) in [5, 5.41) is 7.15. The van der Waals surface area contributed by atoms with Gasteiger partial charge < -0.3 is 15.1 Å². The van der Waals surface area contributed by atoms with Gasteiger partial charge in [0, 0.05) is 69.0 Å². The molecule has 1 aromatic heterocycles. The van der Waals surface area contributed by atoms with E-state index in [0.29, 0.717) is 12.1 Å². The van der Waals surface area contributed by atoms with Crippen LogP contribution in [0.3, 0.4) is 0 Å². The van der Waals surface area contributed by atoms with Gasteiger partial charge in [0.25, 0.3) is 0 Å². The number of piperazine rings is 1. The molecule has 0 bridgehead atoms. The second-order valence-corrected chi connectivity index (χ2v) is 9.24. The van der Waals surface area contributed by atoms with Gasteiger partial charge in [0.05, 0.1) is 6.20 Å². The van der Waals surface area contributed by atoms with Crippen LogP contribution in [0, 0.1) is 11.8 Å². The number of hydrogen-bond donors (Lipinski definition) is 1. The zero-order valence-corrected chi connectivity index (χ0v) is 19.8. The van der Waals surface area contributed by atoms with Crippen molar-refractivity contribution in [2.24, 2.45) is 5.18 Å². The van der Waals surface area contributed by atoms with Gasteiger partial charge in [-0.3, -0.25) is 9.69 Å². The largest absolute Gasteiger partial charge is 0.369 e. The number of anilines is 2. The monoisotopic (exact) mass is 470 g/mol. The number of halogens is 1. The van der Waals surface area contributed by atoms with Crippen molar-refractivity contribution >= 4 is 34.7 Å². The van der Waals surface area contributed by atoms with E-state index < -0.39 is 0 Å². The van der Waals surface area contributed by atoms with Crippen LogP contribution in [0.2, 0.25) is 5.02 Å². The molecule has 4 rings (SSSR count). The quantitative estimate of drug-likeness (QED) is 0.614. The van der Waals surface area contributed by atoms with Crippen LogP contribution in [0.15, 0.2) is 41.7 Å². The third-order valence-corrected chi connectivity index (χ3v) is 6.84. The number of likely N-dealkylation sites (tertiary alicyclic amines) is 1. The lowest BCUT2D eigenvalue weighted by molar-refractivity contribution is -0.132. The summed E-state index contributed by atoms with van der Waals surface area (Å²) in [5.41, 5.74) is 2.38. The van der Waals surface area contributed by atoms with Crippen molar-refractivity contribution in [2.75, 3.05) is 56.0 Å². The molecule has 2 aromatic rings. The summed E-state index contributed by atoms with van der Waals surface area (Å²) in [6.45, 7) is 8.03. The highest BCUT2D eigenvalue weighted by molar-refractivity contribution is 6.30. The van der Waals surface area contributed by atoms with Gasteiger partial charge in [-0.15, -0.1) is 4.91 Å². The van der Waals surface area contributed by atoms with E-state index in [4.69, 9.17) is 11.6 Å². The maximum atomic E-state index is 12.7. The van der Waals surface area contributed by atoms with Crippen molar-refractivity contribution in [3.05, 3.63) is 52.0 Å². The molecule has 0 atom stereocenters. The summed E-state index contributed by atoms with van der Waals surface area (Å²) in [6, 6.07) is 10.1. The van der Waals surface area contributed by atoms with Crippen molar-refractivity contribution in [2.45, 2.75) is 32.2 Å². The number of rotatable bonds is 7. The number of hydrogen-bond acceptors (Lipinski definition) is 7. The fraction of sp³-hybridized carbons (Fsp3) is 0.500. The molecule has 2 aliphatic rings. The molecular weight excluding hydrogens is 440 g/mol. The third kappa shape index (κ3) is 6.21. The van der Waals surface area contributed by atoms with E-state index in [1.54, 1.807) is 0 Å². The Balaban J connectivity index is 1.16. The average Bonchev–Trinajstić information content (AvgIpc) is 2.84. The second kappa shape index (κ2) is 10.9. The van der Waals surface area contributed by atoms with Crippen LogP contribution < -0.4 is 10.2 Å². The zero-order valence-electron chi connectivity index (χ0n) is 19.0. The molecule has 0 aliphatic carbocycles. The summed E-state index contributed by atoms with van der Waals surface area (Å²) in [6.07, 6.45) is 3.85. The van der Waals surface area contributed by atoms with Crippen LogP contribution >= 0.6 is 11.6 Å². The maximum Gasteiger partial charge on any atom is 0.223 e. The molecule has 0 unspecified atom stereocenters. The number of aryl methyl sites for hydroxylation is 1. The minimum atomic E-state index is 0.240. The molecule has 1 N–H and O–H groups in total. The normalized spacial score (nSPS) is 17.8. The third-order valence-electron chi connectivity index (χ3n) is 6.59. The molecule has 0 radical (unpaired) electrons. The summed E-state index contributed by atoms with van der Waals surface area (Å²) >= 11 is 5.99. The standard InChI is InChI=1S/C24H31ClN6O2/c1-18-16-23(26-17-22(18)28-33)27-20-6-10-31(11-7-20)24(32)8-9-29-12-14-30(15-13-29)21-4-2-19(25)3-5-21/h2-5,16-17,20H,6-15H2,1H3,(H,26,27). The molecule has 2 fully saturated rings. The average molecular weight is 471 g/mol. The molecule has 3 heterocycles. The van der Waals surface area contributed by atoms with E-state index in [-0.39, 0.29) is 11.9 Å². The van der Waals surface area contributed by atoms with Crippen LogP contribution in [-0.2, 0) is 4.79 Å². The van der Waals surface area contributed by atoms with Crippen LogP contribution in [0.4, 0.5) is 17.2 Å². The molecule has 9 heteroatoms. The minimum Gasteiger partial charge on any atom is -0.369 e. The highest BCUT2D eigenvalue weighted by Gasteiger charge is 2.24. The smallest absolute Gasteiger partial charge is 0.223 e. The number of nitrogens with zero attached hydrogens (tertiary/aromatic N) is 5. The number of benzene rings is 1. The molecule has 176 valence electrons. The summed E-state index contributed by atoms with van der Waals surface area (Å²) in [4.78, 5) is 34.5. The molecule has 33 heavy (non-hydrogen) atoms. The van der Waals surface area contributed by atoms with Gasteiger partial charge in [-0.25, -0.2) is 4.98 Å². The predicted octanol–water partition coefficient (Wildman–Crippen LogP) is 4.06. The number of pyridine rings is 1. The van der Waals surface area contributed by atoms with E-state index in [1.807, 2.05) is 30.0 Å². The summed E-state index contributed by atoms with van der Waals surface area (Å²) in [5.74, 6) is 0.992. The van der Waals surface area contributed by atoms with E-state index in [9.17, 15) is 9.70 Å². The van der Waals surface area contributed by atoms with E-state index in [1.165, 1.54) is 11.9 Å². The Kier molecular flexibility index (Phi) is 7.77. The second-order valence-electron chi connectivity index (χ2n) is 8.80. The summed E-state index contributed by atoms with van der Waals surface area (Å²) in [7, 11) is 0. The fourth-order valence-corrected chi connectivity index (χ4v) is 4.63. The van der Waals surface area contributed by atoms with E-state index in [0.717, 1.165) is 75.1 Å². The number of nitrogens with one attached hydrogen (secondary N) is 1. The molecule has 1 aromatic carbocycles. The number of amides is 1. The van der Waals surface area contributed by atoms with Crippen LogP contribution in [0.5, 0.6) is 0 Å². The molecule has 8 nitrogen and oxygen atoms in total. The van der Waals surface area contributed by atoms with Gasteiger partial charge >= 0.3 is 0 Å². The molecular formula is C24H31ClN6O2. The van der Waals surface area contributed by atoms with Gasteiger partial charge in [0.1, 0.15) is 11.5 Å². The van der Waals surface area contributed by atoms with E-state index in [2.05, 4.69) is 37.4 Å². The molecule has 0 spiro atoms. The van der Waals surface area contributed by atoms with Crippen molar-refractivity contribution in [3.8, 4) is 0 Å². The Morgan fingerprint density at radius 3 is 2.45 bits per heavy atom. The molecule has 2 aliphatic heterocycles.